The summed E-state index contributed by atoms with van der Waals surface area (Å²) >= 11 is 0. The van der Waals surface area contributed by atoms with E-state index in [4.69, 9.17) is 5.11 Å². The average Bonchev–Trinajstić information content (AvgIpc) is 1.64. The van der Waals surface area contributed by atoms with Gasteiger partial charge in [-0.1, -0.05) is 0 Å². The van der Waals surface area contributed by atoms with Crippen LogP contribution in [-0.2, 0) is 4.74 Å². The maximum Gasteiger partial charge on any atom is 0.382 e. The van der Waals surface area contributed by atoms with E-state index in [9.17, 15) is 13.2 Å². The van der Waals surface area contributed by atoms with Gasteiger partial charge in [-0.25, -0.2) is 0 Å². The summed E-state index contributed by atoms with van der Waals surface area (Å²) in [6.07, 6.45) is 0. The first kappa shape index (κ1) is 8.71. The molecular weight excluding hydrogens is 137 g/mol. The van der Waals surface area contributed by atoms with Crippen LogP contribution in [0.5, 0.6) is 0 Å². The van der Waals surface area contributed by atoms with E-state index in [1.54, 1.807) is 0 Å². The standard InChI is InChI=1S/C4H7F3O2/c1-3(5,6)4(7,8)9-2/h8H,1-2H3. The van der Waals surface area contributed by atoms with Crippen molar-refractivity contribution in [2.24, 2.45) is 0 Å². The molecule has 0 aliphatic rings. The van der Waals surface area contributed by atoms with Crippen molar-refractivity contribution in [3.63, 3.8) is 0 Å². The van der Waals surface area contributed by atoms with Gasteiger partial charge in [0.2, 0.25) is 0 Å². The van der Waals surface area contributed by atoms with Crippen molar-refractivity contribution >= 4 is 0 Å². The van der Waals surface area contributed by atoms with Crippen LogP contribution in [-0.4, -0.2) is 24.2 Å². The summed E-state index contributed by atoms with van der Waals surface area (Å²) in [6.45, 7) is 0.219. The van der Waals surface area contributed by atoms with Crippen LogP contribution in [0.2, 0.25) is 0 Å². The smallest absolute Gasteiger partial charge is 0.335 e. The minimum Gasteiger partial charge on any atom is -0.335 e. The topological polar surface area (TPSA) is 29.5 Å². The predicted octanol–water partition coefficient (Wildman–Crippen LogP) is 0.904. The average molecular weight is 144 g/mol. The van der Waals surface area contributed by atoms with Gasteiger partial charge in [-0.05, 0) is 0 Å². The van der Waals surface area contributed by atoms with Gasteiger partial charge in [0.1, 0.15) is 0 Å². The van der Waals surface area contributed by atoms with Gasteiger partial charge in [-0.2, -0.15) is 13.2 Å². The Morgan fingerprint density at radius 3 is 1.67 bits per heavy atom. The Bertz CT molecular complexity index is 96.5. The molecule has 9 heavy (non-hydrogen) atoms. The van der Waals surface area contributed by atoms with Crippen molar-refractivity contribution in [1.29, 1.82) is 0 Å². The first-order chi connectivity index (χ1) is 3.81. The molecule has 5 heteroatoms. The van der Waals surface area contributed by atoms with E-state index in [-0.39, 0.29) is 6.92 Å². The molecule has 0 saturated heterocycles. The lowest BCUT2D eigenvalue weighted by Gasteiger charge is -2.22. The quantitative estimate of drug-likeness (QED) is 0.583. The first-order valence-electron chi connectivity index (χ1n) is 2.15. The summed E-state index contributed by atoms with van der Waals surface area (Å²) in [7, 11) is 0.650. The van der Waals surface area contributed by atoms with Gasteiger partial charge >= 0.3 is 12.0 Å². The number of methoxy groups -OCH3 is 1. The van der Waals surface area contributed by atoms with Crippen molar-refractivity contribution in [3.05, 3.63) is 0 Å². The number of rotatable bonds is 2. The third-order valence-corrected chi connectivity index (χ3v) is 0.812. The first-order valence-corrected chi connectivity index (χ1v) is 2.15. The molecule has 1 N–H and O–H groups in total. The highest BCUT2D eigenvalue weighted by molar-refractivity contribution is 4.68. The second-order valence-electron chi connectivity index (χ2n) is 1.65. The summed E-state index contributed by atoms with van der Waals surface area (Å²) in [5, 5.41) is 8.02. The van der Waals surface area contributed by atoms with E-state index >= 15 is 0 Å². The van der Waals surface area contributed by atoms with Crippen molar-refractivity contribution in [1.82, 2.24) is 0 Å². The highest BCUT2D eigenvalue weighted by atomic mass is 19.3. The maximum absolute atomic E-state index is 11.9. The number of ether oxygens (including phenoxy) is 1. The number of halogens is 3. The van der Waals surface area contributed by atoms with Crippen LogP contribution in [0, 0.1) is 0 Å². The van der Waals surface area contributed by atoms with Crippen LogP contribution in [0.3, 0.4) is 0 Å². The Hall–Kier alpha value is -0.290. The molecule has 0 saturated carbocycles. The van der Waals surface area contributed by atoms with Gasteiger partial charge < -0.3 is 9.84 Å². The number of aliphatic hydroxyl groups is 1. The Balaban J connectivity index is 4.14. The highest BCUT2D eigenvalue weighted by Crippen LogP contribution is 2.29. The fraction of sp³-hybridized carbons (Fsp3) is 1.00. The molecule has 0 aromatic carbocycles. The number of alkyl halides is 3. The van der Waals surface area contributed by atoms with E-state index in [1.165, 1.54) is 0 Å². The molecular formula is C4H7F3O2. The molecule has 1 unspecified atom stereocenters. The highest BCUT2D eigenvalue weighted by Gasteiger charge is 2.50. The fourth-order valence-electron chi connectivity index (χ4n) is 0.179. The zero-order valence-electron chi connectivity index (χ0n) is 4.99. The molecule has 0 fully saturated rings. The molecule has 0 bridgehead atoms. The molecule has 0 aromatic rings. The minimum absolute atomic E-state index is 0.219. The Morgan fingerprint density at radius 2 is 1.67 bits per heavy atom. The van der Waals surface area contributed by atoms with Crippen molar-refractivity contribution in [2.75, 3.05) is 7.11 Å². The van der Waals surface area contributed by atoms with E-state index in [2.05, 4.69) is 4.74 Å². The summed E-state index contributed by atoms with van der Waals surface area (Å²) in [5.41, 5.74) is 0. The normalized spacial score (nSPS) is 19.3. The summed E-state index contributed by atoms with van der Waals surface area (Å²) in [5.74, 6) is -3.89. The number of hydrogen-bond donors (Lipinski definition) is 1. The van der Waals surface area contributed by atoms with E-state index in [0.717, 1.165) is 0 Å². The Morgan fingerprint density at radius 1 is 1.33 bits per heavy atom. The molecule has 2 nitrogen and oxygen atoms in total. The molecule has 0 radical (unpaired) electrons. The molecule has 0 heterocycles. The van der Waals surface area contributed by atoms with Crippen molar-refractivity contribution in [3.8, 4) is 0 Å². The lowest BCUT2D eigenvalue weighted by Crippen LogP contribution is -2.43. The summed E-state index contributed by atoms with van der Waals surface area (Å²) in [6, 6.07) is -3.85. The van der Waals surface area contributed by atoms with E-state index < -0.39 is 12.0 Å². The minimum atomic E-state index is -3.89. The Labute approximate surface area is 50.2 Å². The van der Waals surface area contributed by atoms with Crippen LogP contribution in [0.15, 0.2) is 0 Å². The lowest BCUT2D eigenvalue weighted by molar-refractivity contribution is -0.371. The fourth-order valence-corrected chi connectivity index (χ4v) is 0.179. The zero-order chi connectivity index (χ0) is 7.71. The van der Waals surface area contributed by atoms with Crippen molar-refractivity contribution < 1.29 is 23.0 Å². The maximum atomic E-state index is 11.9. The second kappa shape index (κ2) is 2.15. The molecule has 0 rings (SSSR count). The molecule has 0 aliphatic heterocycles. The van der Waals surface area contributed by atoms with Crippen molar-refractivity contribution in [2.45, 2.75) is 18.9 Å². The summed E-state index contributed by atoms with van der Waals surface area (Å²) in [4.78, 5) is 0. The molecule has 1 atom stereocenters. The molecule has 0 aromatic heterocycles. The second-order valence-corrected chi connectivity index (χ2v) is 1.65. The van der Waals surface area contributed by atoms with Crippen LogP contribution >= 0.6 is 0 Å². The molecule has 56 valence electrons. The monoisotopic (exact) mass is 144 g/mol. The molecule has 0 aliphatic carbocycles. The van der Waals surface area contributed by atoms with E-state index in [1.807, 2.05) is 0 Å². The third-order valence-electron chi connectivity index (χ3n) is 0.812. The lowest BCUT2D eigenvalue weighted by atomic mass is 10.3. The molecule has 0 amide bonds. The van der Waals surface area contributed by atoms with Gasteiger partial charge in [0.05, 0.1) is 0 Å². The van der Waals surface area contributed by atoms with Gasteiger partial charge in [-0.3, -0.25) is 0 Å². The third kappa shape index (κ3) is 1.83. The van der Waals surface area contributed by atoms with E-state index in [0.29, 0.717) is 7.11 Å². The Kier molecular flexibility index (Phi) is 2.08. The zero-order valence-corrected chi connectivity index (χ0v) is 4.99. The summed E-state index contributed by atoms with van der Waals surface area (Å²) < 4.78 is 38.9. The van der Waals surface area contributed by atoms with Crippen LogP contribution in [0.25, 0.3) is 0 Å². The molecule has 0 spiro atoms. The van der Waals surface area contributed by atoms with Gasteiger partial charge in [0.15, 0.2) is 0 Å². The number of hydrogen-bond acceptors (Lipinski definition) is 2. The van der Waals surface area contributed by atoms with Gasteiger partial charge in [-0.15, -0.1) is 0 Å². The van der Waals surface area contributed by atoms with Gasteiger partial charge in [0.25, 0.3) is 0 Å². The largest absolute Gasteiger partial charge is 0.382 e. The SMILES string of the molecule is COC(O)(F)C(C)(F)F. The van der Waals surface area contributed by atoms with Crippen LogP contribution in [0.4, 0.5) is 13.2 Å². The predicted molar refractivity (Wildman–Crippen MR) is 23.7 cm³/mol. The van der Waals surface area contributed by atoms with Crippen LogP contribution < -0.4 is 0 Å². The van der Waals surface area contributed by atoms with Crippen LogP contribution in [0.1, 0.15) is 6.92 Å². The van der Waals surface area contributed by atoms with Gasteiger partial charge in [0, 0.05) is 14.0 Å².